The van der Waals surface area contributed by atoms with E-state index in [2.05, 4.69) is 5.10 Å². The van der Waals surface area contributed by atoms with Crippen molar-refractivity contribution in [2.75, 3.05) is 0 Å². The molecule has 5 heteroatoms. The quantitative estimate of drug-likeness (QED) is 0.764. The number of rotatable bonds is 2. The first-order valence-electron chi connectivity index (χ1n) is 5.89. The molecule has 1 N–H and O–H groups in total. The van der Waals surface area contributed by atoms with Gasteiger partial charge in [-0.3, -0.25) is 4.68 Å². The summed E-state index contributed by atoms with van der Waals surface area (Å²) in [5.74, 6) is -1.01. The third kappa shape index (κ3) is 1.79. The molecule has 19 heavy (non-hydrogen) atoms. The smallest absolute Gasteiger partial charge is 0.356 e. The van der Waals surface area contributed by atoms with Crippen LogP contribution < -0.4 is 0 Å². The van der Waals surface area contributed by atoms with Crippen LogP contribution in [0.25, 0.3) is 22.2 Å². The van der Waals surface area contributed by atoms with Crippen LogP contribution in [0.5, 0.6) is 0 Å². The number of hydrogen-bond acceptors (Lipinski definition) is 2. The third-order valence-electron chi connectivity index (χ3n) is 3.28. The summed E-state index contributed by atoms with van der Waals surface area (Å²) in [7, 11) is 3.74. The molecule has 0 amide bonds. The van der Waals surface area contributed by atoms with Crippen LogP contribution in [-0.2, 0) is 14.1 Å². The molecule has 0 aliphatic carbocycles. The summed E-state index contributed by atoms with van der Waals surface area (Å²) in [5, 5.41) is 14.1. The van der Waals surface area contributed by atoms with Gasteiger partial charge in [-0.2, -0.15) is 5.10 Å². The molecule has 0 aliphatic heterocycles. The Labute approximate surface area is 109 Å². The zero-order chi connectivity index (χ0) is 13.6. The SMILES string of the molecule is Cn1nc(C(=O)O)cc1-c1ccc2c(ccn2C)c1. The first kappa shape index (κ1) is 11.5. The van der Waals surface area contributed by atoms with Crippen LogP contribution in [0.2, 0.25) is 0 Å². The largest absolute Gasteiger partial charge is 0.476 e. The Morgan fingerprint density at radius 2 is 2.00 bits per heavy atom. The van der Waals surface area contributed by atoms with Crippen LogP contribution in [0.1, 0.15) is 10.5 Å². The lowest BCUT2D eigenvalue weighted by Gasteiger charge is -2.03. The van der Waals surface area contributed by atoms with E-state index in [1.807, 2.05) is 42.1 Å². The standard InChI is InChI=1S/C14H13N3O2/c1-16-6-5-10-7-9(3-4-12(10)16)13-8-11(14(18)19)15-17(13)2/h3-8H,1-2H3,(H,18,19). The molecular weight excluding hydrogens is 242 g/mol. The summed E-state index contributed by atoms with van der Waals surface area (Å²) in [6, 6.07) is 9.67. The number of aromatic carboxylic acids is 1. The zero-order valence-corrected chi connectivity index (χ0v) is 10.7. The Bertz CT molecular complexity index is 783. The average molecular weight is 255 g/mol. The Morgan fingerprint density at radius 3 is 2.68 bits per heavy atom. The molecule has 0 spiro atoms. The van der Waals surface area contributed by atoms with E-state index in [1.54, 1.807) is 17.8 Å². The van der Waals surface area contributed by atoms with Crippen molar-refractivity contribution in [2.24, 2.45) is 14.1 Å². The maximum atomic E-state index is 10.9. The Kier molecular flexibility index (Phi) is 2.41. The second-order valence-electron chi connectivity index (χ2n) is 4.54. The minimum absolute atomic E-state index is 0.0608. The first-order chi connectivity index (χ1) is 9.06. The molecule has 0 saturated carbocycles. The fraction of sp³-hybridized carbons (Fsp3) is 0.143. The molecule has 3 rings (SSSR count). The maximum absolute atomic E-state index is 10.9. The lowest BCUT2D eigenvalue weighted by Crippen LogP contribution is -1.99. The molecule has 0 saturated heterocycles. The second-order valence-corrected chi connectivity index (χ2v) is 4.54. The highest BCUT2D eigenvalue weighted by Gasteiger charge is 2.13. The predicted molar refractivity (Wildman–Crippen MR) is 72.1 cm³/mol. The first-order valence-corrected chi connectivity index (χ1v) is 5.89. The van der Waals surface area contributed by atoms with E-state index in [0.29, 0.717) is 0 Å². The Morgan fingerprint density at radius 1 is 1.21 bits per heavy atom. The van der Waals surface area contributed by atoms with Gasteiger partial charge >= 0.3 is 5.97 Å². The van der Waals surface area contributed by atoms with Crippen LogP contribution in [0, 0.1) is 0 Å². The number of carbonyl (C=O) groups is 1. The van der Waals surface area contributed by atoms with Gasteiger partial charge in [0.05, 0.1) is 5.69 Å². The molecule has 96 valence electrons. The van der Waals surface area contributed by atoms with Gasteiger partial charge in [-0.25, -0.2) is 4.79 Å². The number of benzene rings is 1. The van der Waals surface area contributed by atoms with Crippen LogP contribution >= 0.6 is 0 Å². The summed E-state index contributed by atoms with van der Waals surface area (Å²) < 4.78 is 3.64. The maximum Gasteiger partial charge on any atom is 0.356 e. The summed E-state index contributed by atoms with van der Waals surface area (Å²) in [6.45, 7) is 0. The molecule has 2 aromatic heterocycles. The van der Waals surface area contributed by atoms with Gasteiger partial charge in [0.25, 0.3) is 0 Å². The van der Waals surface area contributed by atoms with Crippen molar-refractivity contribution in [2.45, 2.75) is 0 Å². The molecule has 0 fully saturated rings. The van der Waals surface area contributed by atoms with Gasteiger partial charge in [-0.05, 0) is 24.3 Å². The summed E-state index contributed by atoms with van der Waals surface area (Å²) in [6.07, 6.45) is 2.00. The molecule has 0 atom stereocenters. The lowest BCUT2D eigenvalue weighted by atomic mass is 10.1. The molecule has 2 heterocycles. The Hall–Kier alpha value is -2.56. The van der Waals surface area contributed by atoms with Gasteiger partial charge < -0.3 is 9.67 Å². The molecule has 0 bridgehead atoms. The lowest BCUT2D eigenvalue weighted by molar-refractivity contribution is 0.0689. The van der Waals surface area contributed by atoms with E-state index in [0.717, 1.165) is 22.2 Å². The van der Waals surface area contributed by atoms with Gasteiger partial charge in [-0.1, -0.05) is 6.07 Å². The van der Waals surface area contributed by atoms with Crippen molar-refractivity contribution in [3.8, 4) is 11.3 Å². The normalized spacial score (nSPS) is 11.1. The molecular formula is C14H13N3O2. The molecule has 0 unspecified atom stereocenters. The molecule has 3 aromatic rings. The van der Waals surface area contributed by atoms with Gasteiger partial charge in [0.1, 0.15) is 0 Å². The van der Waals surface area contributed by atoms with Crippen LogP contribution in [0.4, 0.5) is 0 Å². The number of hydrogen-bond donors (Lipinski definition) is 1. The van der Waals surface area contributed by atoms with Crippen molar-refractivity contribution < 1.29 is 9.90 Å². The zero-order valence-electron chi connectivity index (χ0n) is 10.7. The van der Waals surface area contributed by atoms with Gasteiger partial charge in [0.2, 0.25) is 0 Å². The second kappa shape index (κ2) is 3.98. The summed E-state index contributed by atoms with van der Waals surface area (Å²) >= 11 is 0. The minimum Gasteiger partial charge on any atom is -0.476 e. The van der Waals surface area contributed by atoms with E-state index in [9.17, 15) is 4.79 Å². The predicted octanol–water partition coefficient (Wildman–Crippen LogP) is 2.28. The summed E-state index contributed by atoms with van der Waals surface area (Å²) in [5.41, 5.74) is 2.96. The number of aryl methyl sites for hydroxylation is 2. The minimum atomic E-state index is -1.01. The molecule has 0 radical (unpaired) electrons. The molecule has 5 nitrogen and oxygen atoms in total. The fourth-order valence-corrected chi connectivity index (χ4v) is 2.28. The van der Waals surface area contributed by atoms with Crippen molar-refractivity contribution >= 4 is 16.9 Å². The van der Waals surface area contributed by atoms with Crippen molar-refractivity contribution in [1.82, 2.24) is 14.3 Å². The number of carboxylic acids is 1. The van der Waals surface area contributed by atoms with Crippen molar-refractivity contribution in [1.29, 1.82) is 0 Å². The highest BCUT2D eigenvalue weighted by atomic mass is 16.4. The molecule has 1 aromatic carbocycles. The topological polar surface area (TPSA) is 60.1 Å². The van der Waals surface area contributed by atoms with Gasteiger partial charge in [-0.15, -0.1) is 0 Å². The number of carboxylic acid groups (broad SMARTS) is 1. The van der Waals surface area contributed by atoms with Crippen LogP contribution in [-0.4, -0.2) is 25.4 Å². The summed E-state index contributed by atoms with van der Waals surface area (Å²) in [4.78, 5) is 10.9. The van der Waals surface area contributed by atoms with E-state index < -0.39 is 5.97 Å². The highest BCUT2D eigenvalue weighted by molar-refractivity contribution is 5.89. The van der Waals surface area contributed by atoms with E-state index in [-0.39, 0.29) is 5.69 Å². The number of aromatic nitrogens is 3. The Balaban J connectivity index is 2.15. The van der Waals surface area contributed by atoms with E-state index >= 15 is 0 Å². The number of nitrogens with zero attached hydrogens (tertiary/aromatic N) is 3. The van der Waals surface area contributed by atoms with Crippen molar-refractivity contribution in [3.05, 3.63) is 42.2 Å². The monoisotopic (exact) mass is 255 g/mol. The van der Waals surface area contributed by atoms with Gasteiger partial charge in [0.15, 0.2) is 5.69 Å². The average Bonchev–Trinajstić information content (AvgIpc) is 2.93. The van der Waals surface area contributed by atoms with Crippen LogP contribution in [0.3, 0.4) is 0 Å². The number of fused-ring (bicyclic) bond motifs is 1. The fourth-order valence-electron chi connectivity index (χ4n) is 2.28. The van der Waals surface area contributed by atoms with Crippen molar-refractivity contribution in [3.63, 3.8) is 0 Å². The third-order valence-corrected chi connectivity index (χ3v) is 3.28. The van der Waals surface area contributed by atoms with Gasteiger partial charge in [0, 0.05) is 36.8 Å². The molecule has 0 aliphatic rings. The van der Waals surface area contributed by atoms with E-state index in [1.165, 1.54) is 0 Å². The highest BCUT2D eigenvalue weighted by Crippen LogP contribution is 2.25. The van der Waals surface area contributed by atoms with Crippen LogP contribution in [0.15, 0.2) is 36.5 Å². The van der Waals surface area contributed by atoms with E-state index in [4.69, 9.17) is 5.11 Å².